The van der Waals surface area contributed by atoms with Crippen molar-refractivity contribution in [1.82, 2.24) is 15.3 Å². The van der Waals surface area contributed by atoms with Gasteiger partial charge in [0.25, 0.3) is 11.5 Å². The molecule has 3 aromatic carbocycles. The normalized spacial score (nSPS) is 10.9. The number of fused-ring (bicyclic) bond motifs is 1. The van der Waals surface area contributed by atoms with Crippen LogP contribution in [-0.2, 0) is 6.54 Å². The summed E-state index contributed by atoms with van der Waals surface area (Å²) in [6.45, 7) is 4.00. The van der Waals surface area contributed by atoms with Gasteiger partial charge in [-0.05, 0) is 60.4 Å². The van der Waals surface area contributed by atoms with Crippen molar-refractivity contribution in [3.05, 3.63) is 99.3 Å². The van der Waals surface area contributed by atoms with Crippen LogP contribution in [0.1, 0.15) is 27.3 Å². The van der Waals surface area contributed by atoms with Crippen molar-refractivity contribution in [2.75, 3.05) is 0 Å². The lowest BCUT2D eigenvalue weighted by atomic mass is 9.99. The fraction of sp³-hybridized carbons (Fsp3) is 0.125. The van der Waals surface area contributed by atoms with E-state index in [9.17, 15) is 14.0 Å². The quantitative estimate of drug-likeness (QED) is 0.536. The molecule has 0 bridgehead atoms. The van der Waals surface area contributed by atoms with Crippen molar-refractivity contribution in [2.24, 2.45) is 0 Å². The molecule has 0 saturated carbocycles. The van der Waals surface area contributed by atoms with Gasteiger partial charge in [0.2, 0.25) is 0 Å². The van der Waals surface area contributed by atoms with E-state index in [2.05, 4.69) is 15.3 Å². The van der Waals surface area contributed by atoms with Crippen LogP contribution in [0.25, 0.3) is 22.0 Å². The highest BCUT2D eigenvalue weighted by atomic mass is 19.1. The molecular weight excluding hydrogens is 381 g/mol. The van der Waals surface area contributed by atoms with Crippen LogP contribution < -0.4 is 10.9 Å². The number of halogens is 1. The monoisotopic (exact) mass is 401 g/mol. The lowest BCUT2D eigenvalue weighted by Crippen LogP contribution is -2.26. The molecule has 5 nitrogen and oxygen atoms in total. The molecule has 1 heterocycles. The number of hydrogen-bond acceptors (Lipinski definition) is 3. The van der Waals surface area contributed by atoms with E-state index in [-0.39, 0.29) is 17.7 Å². The zero-order valence-corrected chi connectivity index (χ0v) is 16.6. The number of aryl methyl sites for hydroxylation is 2. The number of carbonyl (C=O) groups is 1. The smallest absolute Gasteiger partial charge is 0.258 e. The van der Waals surface area contributed by atoms with Gasteiger partial charge in [-0.25, -0.2) is 9.37 Å². The fourth-order valence-electron chi connectivity index (χ4n) is 3.28. The highest BCUT2D eigenvalue weighted by molar-refractivity contribution is 5.95. The van der Waals surface area contributed by atoms with E-state index >= 15 is 0 Å². The van der Waals surface area contributed by atoms with Crippen LogP contribution in [0.5, 0.6) is 0 Å². The second-order valence-electron chi connectivity index (χ2n) is 7.21. The summed E-state index contributed by atoms with van der Waals surface area (Å²) in [5, 5.41) is 3.08. The SMILES string of the molecule is Cc1ccc(-c2ccc(C(=O)NCc3nc4ccccc4c(=O)[nH]3)c(F)c2)cc1C. The summed E-state index contributed by atoms with van der Waals surface area (Å²) in [7, 11) is 0. The van der Waals surface area contributed by atoms with Crippen molar-refractivity contribution in [1.29, 1.82) is 0 Å². The van der Waals surface area contributed by atoms with Gasteiger partial charge in [0.05, 0.1) is 23.0 Å². The minimum atomic E-state index is -0.608. The molecule has 0 fully saturated rings. The van der Waals surface area contributed by atoms with E-state index < -0.39 is 11.7 Å². The summed E-state index contributed by atoms with van der Waals surface area (Å²) < 4.78 is 14.6. The van der Waals surface area contributed by atoms with Gasteiger partial charge in [-0.15, -0.1) is 0 Å². The molecule has 0 atom stereocenters. The van der Waals surface area contributed by atoms with E-state index in [0.717, 1.165) is 16.7 Å². The topological polar surface area (TPSA) is 74.8 Å². The molecule has 1 aromatic heterocycles. The summed E-state index contributed by atoms with van der Waals surface area (Å²) >= 11 is 0. The van der Waals surface area contributed by atoms with Crippen molar-refractivity contribution in [2.45, 2.75) is 20.4 Å². The van der Waals surface area contributed by atoms with E-state index in [4.69, 9.17) is 0 Å². The molecular formula is C24H20FN3O2. The van der Waals surface area contributed by atoms with Gasteiger partial charge in [-0.2, -0.15) is 0 Å². The molecule has 2 N–H and O–H groups in total. The number of aromatic nitrogens is 2. The summed E-state index contributed by atoms with van der Waals surface area (Å²) in [4.78, 5) is 31.5. The second-order valence-corrected chi connectivity index (χ2v) is 7.21. The molecule has 0 aliphatic carbocycles. The largest absolute Gasteiger partial charge is 0.345 e. The zero-order valence-electron chi connectivity index (χ0n) is 16.6. The molecule has 0 unspecified atom stereocenters. The summed E-state index contributed by atoms with van der Waals surface area (Å²) in [5.74, 6) is -0.877. The van der Waals surface area contributed by atoms with E-state index in [1.54, 1.807) is 30.3 Å². The minimum Gasteiger partial charge on any atom is -0.345 e. The molecule has 4 aromatic rings. The van der Waals surface area contributed by atoms with Crippen LogP contribution in [0.2, 0.25) is 0 Å². The second kappa shape index (κ2) is 7.91. The van der Waals surface area contributed by atoms with Crippen molar-refractivity contribution in [3.63, 3.8) is 0 Å². The molecule has 0 radical (unpaired) electrons. The number of benzene rings is 3. The number of H-pyrrole nitrogens is 1. The number of hydrogen-bond donors (Lipinski definition) is 2. The van der Waals surface area contributed by atoms with Gasteiger partial charge < -0.3 is 10.3 Å². The van der Waals surface area contributed by atoms with Crippen LogP contribution in [0, 0.1) is 19.7 Å². The van der Waals surface area contributed by atoms with Gasteiger partial charge in [0.15, 0.2) is 0 Å². The number of nitrogens with zero attached hydrogens (tertiary/aromatic N) is 1. The number of carbonyl (C=O) groups excluding carboxylic acids is 1. The van der Waals surface area contributed by atoms with E-state index in [1.165, 1.54) is 12.1 Å². The molecule has 0 spiro atoms. The molecule has 0 aliphatic heterocycles. The molecule has 0 saturated heterocycles. The highest BCUT2D eigenvalue weighted by Crippen LogP contribution is 2.24. The molecule has 150 valence electrons. The number of para-hydroxylation sites is 1. The average molecular weight is 401 g/mol. The van der Waals surface area contributed by atoms with Gasteiger partial charge in [-0.1, -0.05) is 36.4 Å². The number of rotatable bonds is 4. The van der Waals surface area contributed by atoms with Crippen molar-refractivity contribution in [3.8, 4) is 11.1 Å². The van der Waals surface area contributed by atoms with Crippen LogP contribution in [-0.4, -0.2) is 15.9 Å². The predicted octanol–water partition coefficient (Wildman–Crippen LogP) is 4.28. The highest BCUT2D eigenvalue weighted by Gasteiger charge is 2.14. The third-order valence-electron chi connectivity index (χ3n) is 5.13. The Morgan fingerprint density at radius 1 is 1.00 bits per heavy atom. The number of nitrogens with one attached hydrogen (secondary N) is 2. The molecule has 1 amide bonds. The third kappa shape index (κ3) is 3.85. The van der Waals surface area contributed by atoms with Gasteiger partial charge in [0, 0.05) is 0 Å². The predicted molar refractivity (Wildman–Crippen MR) is 115 cm³/mol. The van der Waals surface area contributed by atoms with Crippen LogP contribution in [0.15, 0.2) is 65.5 Å². The summed E-state index contributed by atoms with van der Waals surface area (Å²) in [5.41, 5.74) is 4.06. The Bertz CT molecular complexity index is 1330. The fourth-order valence-corrected chi connectivity index (χ4v) is 3.28. The lowest BCUT2D eigenvalue weighted by molar-refractivity contribution is 0.0946. The van der Waals surface area contributed by atoms with Crippen LogP contribution in [0.4, 0.5) is 4.39 Å². The van der Waals surface area contributed by atoms with Gasteiger partial charge in [-0.3, -0.25) is 9.59 Å². The lowest BCUT2D eigenvalue weighted by Gasteiger charge is -2.09. The standard InChI is InChI=1S/C24H20FN3O2/c1-14-7-8-16(11-15(14)2)17-9-10-18(20(25)12-17)23(29)26-13-22-27-21-6-4-3-5-19(21)24(30)28-22/h3-12H,13H2,1-2H3,(H,26,29)(H,27,28,30). The molecule has 6 heteroatoms. The first-order valence-corrected chi connectivity index (χ1v) is 9.55. The van der Waals surface area contributed by atoms with E-state index in [1.807, 2.05) is 32.0 Å². The van der Waals surface area contributed by atoms with Crippen molar-refractivity contribution >= 4 is 16.8 Å². The first kappa shape index (κ1) is 19.5. The Balaban J connectivity index is 1.52. The number of amides is 1. The van der Waals surface area contributed by atoms with Crippen molar-refractivity contribution < 1.29 is 9.18 Å². The Hall–Kier alpha value is -3.80. The number of aromatic amines is 1. The van der Waals surface area contributed by atoms with Crippen LogP contribution >= 0.6 is 0 Å². The first-order valence-electron chi connectivity index (χ1n) is 9.55. The molecule has 0 aliphatic rings. The molecule has 30 heavy (non-hydrogen) atoms. The first-order chi connectivity index (χ1) is 14.4. The maximum atomic E-state index is 14.6. The zero-order chi connectivity index (χ0) is 21.3. The Morgan fingerprint density at radius 3 is 2.50 bits per heavy atom. The Kier molecular flexibility index (Phi) is 5.14. The maximum absolute atomic E-state index is 14.6. The molecule has 4 rings (SSSR count). The minimum absolute atomic E-state index is 0.0166. The summed E-state index contributed by atoms with van der Waals surface area (Å²) in [6, 6.07) is 17.4. The summed E-state index contributed by atoms with van der Waals surface area (Å²) in [6.07, 6.45) is 0. The van der Waals surface area contributed by atoms with E-state index in [0.29, 0.717) is 22.3 Å². The van der Waals surface area contributed by atoms with Crippen LogP contribution in [0.3, 0.4) is 0 Å². The average Bonchev–Trinajstić information content (AvgIpc) is 2.74. The Labute approximate surface area is 172 Å². The Morgan fingerprint density at radius 2 is 1.73 bits per heavy atom. The van der Waals surface area contributed by atoms with Gasteiger partial charge >= 0.3 is 0 Å². The maximum Gasteiger partial charge on any atom is 0.258 e. The third-order valence-corrected chi connectivity index (χ3v) is 5.13. The van der Waals surface area contributed by atoms with Gasteiger partial charge in [0.1, 0.15) is 11.6 Å².